The average molecular weight is 347 g/mol. The zero-order chi connectivity index (χ0) is 17.2. The molecule has 0 radical (unpaired) electrons. The Bertz CT molecular complexity index is 842. The van der Waals surface area contributed by atoms with E-state index < -0.39 is 15.4 Å². The van der Waals surface area contributed by atoms with E-state index in [4.69, 9.17) is 0 Å². The number of nitrogens with one attached hydrogen (secondary N) is 1. The van der Waals surface area contributed by atoms with E-state index in [2.05, 4.69) is 5.32 Å². The summed E-state index contributed by atoms with van der Waals surface area (Å²) in [6.07, 6.45) is 2.83. The summed E-state index contributed by atoms with van der Waals surface area (Å²) in [6, 6.07) is 13.4. The van der Waals surface area contributed by atoms with Gasteiger partial charge in [-0.3, -0.25) is 9.35 Å². The van der Waals surface area contributed by atoms with Gasteiger partial charge in [0.1, 0.15) is 0 Å². The van der Waals surface area contributed by atoms with Gasteiger partial charge >= 0.3 is 0 Å². The van der Waals surface area contributed by atoms with E-state index in [1.165, 1.54) is 0 Å². The number of carbonyl (C=O) groups is 1. The number of fused-ring (bicyclic) bond motifs is 1. The number of anilines is 1. The van der Waals surface area contributed by atoms with Crippen molar-refractivity contribution in [1.82, 2.24) is 0 Å². The maximum atomic E-state index is 12.4. The lowest BCUT2D eigenvalue weighted by Crippen LogP contribution is -2.34. The van der Waals surface area contributed by atoms with Crippen molar-refractivity contribution in [3.05, 3.63) is 42.5 Å². The highest BCUT2D eigenvalue weighted by molar-refractivity contribution is 7.86. The van der Waals surface area contributed by atoms with Crippen molar-refractivity contribution in [2.24, 2.45) is 5.92 Å². The predicted octanol–water partition coefficient (Wildman–Crippen LogP) is 3.62. The average Bonchev–Trinajstić information content (AvgIpc) is 2.54. The third kappa shape index (κ3) is 3.76. The van der Waals surface area contributed by atoms with E-state index in [1.54, 1.807) is 0 Å². The SMILES string of the molecule is O=C(C[C@H]1CCCC[C@@H]1S(=O)(=O)O)Nc1cccc2ccccc12. The lowest BCUT2D eigenvalue weighted by atomic mass is 9.86. The van der Waals surface area contributed by atoms with Crippen LogP contribution in [0.1, 0.15) is 32.1 Å². The number of carbonyl (C=O) groups excluding carboxylic acids is 1. The third-order valence-corrected chi connectivity index (χ3v) is 6.12. The van der Waals surface area contributed by atoms with E-state index in [9.17, 15) is 17.8 Å². The zero-order valence-electron chi connectivity index (χ0n) is 13.3. The van der Waals surface area contributed by atoms with Gasteiger partial charge < -0.3 is 5.32 Å². The van der Waals surface area contributed by atoms with E-state index in [0.717, 1.165) is 29.3 Å². The Hall–Kier alpha value is -1.92. The van der Waals surface area contributed by atoms with E-state index in [-0.39, 0.29) is 18.2 Å². The number of rotatable bonds is 4. The highest BCUT2D eigenvalue weighted by Crippen LogP contribution is 2.32. The molecular weight excluding hydrogens is 326 g/mol. The molecule has 0 heterocycles. The van der Waals surface area contributed by atoms with Crippen LogP contribution in [0.25, 0.3) is 10.8 Å². The largest absolute Gasteiger partial charge is 0.326 e. The molecule has 2 aromatic rings. The molecule has 128 valence electrons. The van der Waals surface area contributed by atoms with Gasteiger partial charge in [-0.2, -0.15) is 8.42 Å². The van der Waals surface area contributed by atoms with Crippen molar-refractivity contribution in [2.45, 2.75) is 37.4 Å². The number of hydrogen-bond acceptors (Lipinski definition) is 3. The molecule has 0 bridgehead atoms. The minimum atomic E-state index is -4.11. The molecule has 5 nitrogen and oxygen atoms in total. The van der Waals surface area contributed by atoms with Gasteiger partial charge in [-0.05, 0) is 30.2 Å². The van der Waals surface area contributed by atoms with Crippen LogP contribution in [0.4, 0.5) is 5.69 Å². The molecule has 0 aromatic heterocycles. The van der Waals surface area contributed by atoms with Crippen LogP contribution in [0.2, 0.25) is 0 Å². The molecule has 1 fully saturated rings. The molecule has 0 spiro atoms. The predicted molar refractivity (Wildman–Crippen MR) is 94.5 cm³/mol. The Morgan fingerprint density at radius 3 is 2.58 bits per heavy atom. The molecule has 1 aliphatic carbocycles. The first-order valence-corrected chi connectivity index (χ1v) is 9.69. The van der Waals surface area contributed by atoms with Gasteiger partial charge in [0.15, 0.2) is 0 Å². The Balaban J connectivity index is 1.75. The molecule has 1 aliphatic rings. The fraction of sp³-hybridized carbons (Fsp3) is 0.389. The van der Waals surface area contributed by atoms with Crippen molar-refractivity contribution >= 4 is 32.5 Å². The number of amides is 1. The second-order valence-corrected chi connectivity index (χ2v) is 8.01. The lowest BCUT2D eigenvalue weighted by Gasteiger charge is -2.28. The van der Waals surface area contributed by atoms with Crippen LogP contribution in [0.15, 0.2) is 42.5 Å². The van der Waals surface area contributed by atoms with Crippen LogP contribution >= 0.6 is 0 Å². The van der Waals surface area contributed by atoms with Crippen molar-refractivity contribution in [3.63, 3.8) is 0 Å². The van der Waals surface area contributed by atoms with E-state index in [0.29, 0.717) is 12.8 Å². The summed E-state index contributed by atoms with van der Waals surface area (Å²) in [7, 11) is -4.11. The van der Waals surface area contributed by atoms with Gasteiger partial charge in [0.05, 0.1) is 5.25 Å². The van der Waals surface area contributed by atoms with Crippen LogP contribution in [0, 0.1) is 5.92 Å². The molecule has 0 aliphatic heterocycles. The molecule has 1 saturated carbocycles. The Labute approximate surface area is 141 Å². The second-order valence-electron chi connectivity index (χ2n) is 6.38. The Morgan fingerprint density at radius 1 is 1.08 bits per heavy atom. The maximum absolute atomic E-state index is 12.4. The Kier molecular flexibility index (Phi) is 4.87. The van der Waals surface area contributed by atoms with Crippen molar-refractivity contribution in [1.29, 1.82) is 0 Å². The first-order valence-electron chi connectivity index (χ1n) is 8.19. The first kappa shape index (κ1) is 16.9. The van der Waals surface area contributed by atoms with Gasteiger partial charge in [0, 0.05) is 17.5 Å². The van der Waals surface area contributed by atoms with E-state index in [1.807, 2.05) is 42.5 Å². The maximum Gasteiger partial charge on any atom is 0.268 e. The van der Waals surface area contributed by atoms with Gasteiger partial charge in [-0.15, -0.1) is 0 Å². The third-order valence-electron chi connectivity index (χ3n) is 4.73. The molecule has 6 heteroatoms. The molecule has 2 aromatic carbocycles. The minimum absolute atomic E-state index is 0.105. The molecule has 0 unspecified atom stereocenters. The van der Waals surface area contributed by atoms with Gasteiger partial charge in [0.2, 0.25) is 5.91 Å². The van der Waals surface area contributed by atoms with Crippen molar-refractivity contribution in [3.8, 4) is 0 Å². The highest BCUT2D eigenvalue weighted by atomic mass is 32.2. The number of benzene rings is 2. The zero-order valence-corrected chi connectivity index (χ0v) is 14.1. The summed E-state index contributed by atoms with van der Waals surface area (Å²) in [4.78, 5) is 12.4. The summed E-state index contributed by atoms with van der Waals surface area (Å²) in [5.41, 5.74) is 0.720. The summed E-state index contributed by atoms with van der Waals surface area (Å²) in [5.74, 6) is -0.546. The van der Waals surface area contributed by atoms with Gasteiger partial charge in [-0.1, -0.05) is 49.2 Å². The number of hydrogen-bond donors (Lipinski definition) is 2. The van der Waals surface area contributed by atoms with Gasteiger partial charge in [-0.25, -0.2) is 0 Å². The molecular formula is C18H21NO4S. The van der Waals surface area contributed by atoms with Crippen molar-refractivity contribution in [2.75, 3.05) is 5.32 Å². The molecule has 2 N–H and O–H groups in total. The van der Waals surface area contributed by atoms with E-state index >= 15 is 0 Å². The topological polar surface area (TPSA) is 83.5 Å². The molecule has 3 rings (SSSR count). The summed E-state index contributed by atoms with van der Waals surface area (Å²) >= 11 is 0. The minimum Gasteiger partial charge on any atom is -0.326 e. The molecule has 0 saturated heterocycles. The highest BCUT2D eigenvalue weighted by Gasteiger charge is 2.35. The smallest absolute Gasteiger partial charge is 0.268 e. The second kappa shape index (κ2) is 6.91. The fourth-order valence-electron chi connectivity index (χ4n) is 3.57. The fourth-order valence-corrected chi connectivity index (χ4v) is 4.76. The summed E-state index contributed by atoms with van der Waals surface area (Å²) in [6.45, 7) is 0. The standard InChI is InChI=1S/C18H21NO4S/c20-18(12-14-7-2-4-11-17(14)24(21,22)23)19-16-10-5-8-13-6-1-3-9-15(13)16/h1,3,5-6,8-10,14,17H,2,4,7,11-12H2,(H,19,20)(H,21,22,23)/t14-,17+/m1/s1. The van der Waals surface area contributed by atoms with Crippen LogP contribution in [0.3, 0.4) is 0 Å². The summed E-state index contributed by atoms with van der Waals surface area (Å²) < 4.78 is 32.5. The first-order chi connectivity index (χ1) is 11.4. The normalized spacial score (nSPS) is 21.5. The van der Waals surface area contributed by atoms with Crippen molar-refractivity contribution < 1.29 is 17.8 Å². The van der Waals surface area contributed by atoms with Crippen LogP contribution in [0.5, 0.6) is 0 Å². The monoisotopic (exact) mass is 347 g/mol. The molecule has 24 heavy (non-hydrogen) atoms. The van der Waals surface area contributed by atoms with Crippen LogP contribution < -0.4 is 5.32 Å². The quantitative estimate of drug-likeness (QED) is 0.828. The van der Waals surface area contributed by atoms with Crippen LogP contribution in [-0.4, -0.2) is 24.1 Å². The molecule has 2 atom stereocenters. The van der Waals surface area contributed by atoms with Crippen LogP contribution in [-0.2, 0) is 14.9 Å². The molecule has 1 amide bonds. The Morgan fingerprint density at radius 2 is 1.79 bits per heavy atom. The van der Waals surface area contributed by atoms with Gasteiger partial charge in [0.25, 0.3) is 10.1 Å². The summed E-state index contributed by atoms with van der Waals surface area (Å²) in [5, 5.41) is 4.04. The lowest BCUT2D eigenvalue weighted by molar-refractivity contribution is -0.117.